The maximum atomic E-state index is 12.2. The Balaban J connectivity index is 2.57. The number of hydrogen-bond acceptors (Lipinski definition) is 4. The van der Waals surface area contributed by atoms with Crippen molar-refractivity contribution in [2.24, 2.45) is 5.73 Å². The van der Waals surface area contributed by atoms with Gasteiger partial charge in [-0.2, -0.15) is 13.2 Å². The normalized spacial score (nSPS) is 12.8. The SMILES string of the molecule is COC(CN)CC(=O)NCc1ccccc1OCC(F)(F)F. The molecule has 1 atom stereocenters. The van der Waals surface area contributed by atoms with Crippen LogP contribution in [0.5, 0.6) is 5.75 Å². The third-order valence-corrected chi connectivity index (χ3v) is 2.85. The van der Waals surface area contributed by atoms with E-state index in [-0.39, 0.29) is 31.2 Å². The lowest BCUT2D eigenvalue weighted by atomic mass is 10.2. The Labute approximate surface area is 126 Å². The van der Waals surface area contributed by atoms with E-state index in [0.29, 0.717) is 5.56 Å². The molecule has 0 saturated heterocycles. The Bertz CT molecular complexity index is 477. The number of carbonyl (C=O) groups excluding carboxylic acids is 1. The van der Waals surface area contributed by atoms with Gasteiger partial charge in [0.2, 0.25) is 5.91 Å². The van der Waals surface area contributed by atoms with Crippen molar-refractivity contribution < 1.29 is 27.4 Å². The topological polar surface area (TPSA) is 73.6 Å². The first-order valence-corrected chi connectivity index (χ1v) is 6.62. The van der Waals surface area contributed by atoms with Crippen molar-refractivity contribution in [1.29, 1.82) is 0 Å². The number of nitrogens with one attached hydrogen (secondary N) is 1. The number of rotatable bonds is 8. The number of carbonyl (C=O) groups is 1. The molecule has 0 bridgehead atoms. The summed E-state index contributed by atoms with van der Waals surface area (Å²) in [5.74, 6) is -0.217. The molecule has 0 saturated carbocycles. The number of methoxy groups -OCH3 is 1. The average molecular weight is 320 g/mol. The van der Waals surface area contributed by atoms with Gasteiger partial charge in [-0.15, -0.1) is 0 Å². The van der Waals surface area contributed by atoms with Crippen LogP contribution in [-0.4, -0.2) is 38.4 Å². The van der Waals surface area contributed by atoms with Crippen molar-refractivity contribution >= 4 is 5.91 Å². The third-order valence-electron chi connectivity index (χ3n) is 2.85. The van der Waals surface area contributed by atoms with Gasteiger partial charge in [0.15, 0.2) is 6.61 Å². The van der Waals surface area contributed by atoms with Gasteiger partial charge in [-0.1, -0.05) is 18.2 Å². The van der Waals surface area contributed by atoms with E-state index >= 15 is 0 Å². The molecule has 0 aromatic heterocycles. The van der Waals surface area contributed by atoms with E-state index in [1.807, 2.05) is 0 Å². The molecule has 0 radical (unpaired) electrons. The lowest BCUT2D eigenvalue weighted by Gasteiger charge is -2.15. The molecule has 124 valence electrons. The van der Waals surface area contributed by atoms with Gasteiger partial charge in [0, 0.05) is 25.8 Å². The van der Waals surface area contributed by atoms with Gasteiger partial charge < -0.3 is 20.5 Å². The number of ether oxygens (including phenoxy) is 2. The summed E-state index contributed by atoms with van der Waals surface area (Å²) in [4.78, 5) is 11.7. The second-order valence-electron chi connectivity index (χ2n) is 4.59. The number of hydrogen-bond donors (Lipinski definition) is 2. The van der Waals surface area contributed by atoms with Crippen LogP contribution < -0.4 is 15.8 Å². The van der Waals surface area contributed by atoms with Crippen LogP contribution in [0.2, 0.25) is 0 Å². The predicted molar refractivity (Wildman–Crippen MR) is 74.3 cm³/mol. The molecule has 0 heterocycles. The molecule has 8 heteroatoms. The molecule has 1 rings (SSSR count). The molecular formula is C14H19F3N2O3. The molecule has 1 aromatic rings. The van der Waals surface area contributed by atoms with Crippen LogP contribution in [0, 0.1) is 0 Å². The number of amides is 1. The summed E-state index contributed by atoms with van der Waals surface area (Å²) in [6.07, 6.45) is -4.72. The summed E-state index contributed by atoms with van der Waals surface area (Å²) in [7, 11) is 1.45. The van der Waals surface area contributed by atoms with E-state index in [9.17, 15) is 18.0 Å². The fourth-order valence-corrected chi connectivity index (χ4v) is 1.69. The Morgan fingerprint density at radius 1 is 1.36 bits per heavy atom. The quantitative estimate of drug-likeness (QED) is 0.763. The minimum absolute atomic E-state index is 0.0634. The first-order valence-electron chi connectivity index (χ1n) is 6.62. The number of alkyl halides is 3. The van der Waals surface area contributed by atoms with Crippen molar-refractivity contribution in [3.05, 3.63) is 29.8 Å². The van der Waals surface area contributed by atoms with Crippen LogP contribution in [0.15, 0.2) is 24.3 Å². The number of para-hydroxylation sites is 1. The Morgan fingerprint density at radius 3 is 2.64 bits per heavy atom. The maximum Gasteiger partial charge on any atom is 0.422 e. The summed E-state index contributed by atoms with van der Waals surface area (Å²) >= 11 is 0. The van der Waals surface area contributed by atoms with Crippen LogP contribution in [0.4, 0.5) is 13.2 Å². The van der Waals surface area contributed by atoms with Crippen LogP contribution in [-0.2, 0) is 16.1 Å². The highest BCUT2D eigenvalue weighted by atomic mass is 19.4. The molecule has 1 aromatic carbocycles. The van der Waals surface area contributed by atoms with Gasteiger partial charge >= 0.3 is 6.18 Å². The Hall–Kier alpha value is -1.80. The highest BCUT2D eigenvalue weighted by Gasteiger charge is 2.28. The van der Waals surface area contributed by atoms with Crippen LogP contribution in [0.3, 0.4) is 0 Å². The monoisotopic (exact) mass is 320 g/mol. The highest BCUT2D eigenvalue weighted by Crippen LogP contribution is 2.22. The zero-order chi connectivity index (χ0) is 16.6. The second-order valence-corrected chi connectivity index (χ2v) is 4.59. The number of nitrogens with two attached hydrogens (primary N) is 1. The zero-order valence-corrected chi connectivity index (χ0v) is 12.2. The van der Waals surface area contributed by atoms with Crippen LogP contribution in [0.1, 0.15) is 12.0 Å². The first kappa shape index (κ1) is 18.2. The Morgan fingerprint density at radius 2 is 2.05 bits per heavy atom. The molecule has 5 nitrogen and oxygen atoms in total. The van der Waals surface area contributed by atoms with E-state index in [1.165, 1.54) is 13.2 Å². The fourth-order valence-electron chi connectivity index (χ4n) is 1.69. The second kappa shape index (κ2) is 8.60. The van der Waals surface area contributed by atoms with Gasteiger partial charge in [-0.25, -0.2) is 0 Å². The fraction of sp³-hybridized carbons (Fsp3) is 0.500. The molecule has 0 aliphatic rings. The smallest absolute Gasteiger partial charge is 0.422 e. The molecule has 1 amide bonds. The number of halogens is 3. The van der Waals surface area contributed by atoms with E-state index < -0.39 is 18.9 Å². The van der Waals surface area contributed by atoms with E-state index in [2.05, 4.69) is 5.32 Å². The average Bonchev–Trinajstić information content (AvgIpc) is 2.48. The van der Waals surface area contributed by atoms with Gasteiger partial charge in [-0.3, -0.25) is 4.79 Å². The van der Waals surface area contributed by atoms with Crippen molar-refractivity contribution in [2.75, 3.05) is 20.3 Å². The summed E-state index contributed by atoms with van der Waals surface area (Å²) in [5, 5.41) is 2.60. The molecule has 0 aliphatic heterocycles. The maximum absolute atomic E-state index is 12.2. The minimum atomic E-state index is -4.41. The molecular weight excluding hydrogens is 301 g/mol. The van der Waals surface area contributed by atoms with Crippen LogP contribution in [0.25, 0.3) is 0 Å². The molecule has 0 fully saturated rings. The van der Waals surface area contributed by atoms with Gasteiger partial charge in [-0.05, 0) is 6.07 Å². The summed E-state index contributed by atoms with van der Waals surface area (Å²) in [6, 6.07) is 6.22. The van der Waals surface area contributed by atoms with E-state index in [1.54, 1.807) is 18.2 Å². The molecule has 0 spiro atoms. The van der Waals surface area contributed by atoms with Gasteiger partial charge in [0.1, 0.15) is 5.75 Å². The summed E-state index contributed by atoms with van der Waals surface area (Å²) in [6.45, 7) is -1.11. The molecule has 3 N–H and O–H groups in total. The van der Waals surface area contributed by atoms with Crippen molar-refractivity contribution in [3.8, 4) is 5.75 Å². The van der Waals surface area contributed by atoms with Crippen molar-refractivity contribution in [2.45, 2.75) is 25.2 Å². The molecule has 0 aliphatic carbocycles. The highest BCUT2D eigenvalue weighted by molar-refractivity contribution is 5.76. The largest absolute Gasteiger partial charge is 0.484 e. The first-order chi connectivity index (χ1) is 10.4. The molecule has 22 heavy (non-hydrogen) atoms. The van der Waals surface area contributed by atoms with Gasteiger partial charge in [0.05, 0.1) is 12.5 Å². The third kappa shape index (κ3) is 6.77. The lowest BCUT2D eigenvalue weighted by molar-refractivity contribution is -0.153. The Kier molecular flexibility index (Phi) is 7.13. The standard InChI is InChI=1S/C14H19F3N2O3/c1-21-11(7-18)6-13(20)19-8-10-4-2-3-5-12(10)22-9-14(15,16)17/h2-5,11H,6-9,18H2,1H3,(H,19,20). The van der Waals surface area contributed by atoms with Crippen molar-refractivity contribution in [3.63, 3.8) is 0 Å². The predicted octanol–water partition coefficient (Wildman–Crippen LogP) is 1.61. The summed E-state index contributed by atoms with van der Waals surface area (Å²) in [5.41, 5.74) is 5.87. The minimum Gasteiger partial charge on any atom is -0.484 e. The zero-order valence-electron chi connectivity index (χ0n) is 12.2. The van der Waals surface area contributed by atoms with Gasteiger partial charge in [0.25, 0.3) is 0 Å². The summed E-state index contributed by atoms with van der Waals surface area (Å²) < 4.78 is 46.3. The van der Waals surface area contributed by atoms with E-state index in [0.717, 1.165) is 0 Å². The van der Waals surface area contributed by atoms with E-state index in [4.69, 9.17) is 15.2 Å². The molecule has 1 unspecified atom stereocenters. The van der Waals surface area contributed by atoms with Crippen molar-refractivity contribution in [1.82, 2.24) is 5.32 Å². The van der Waals surface area contributed by atoms with Crippen LogP contribution >= 0.6 is 0 Å². The lowest BCUT2D eigenvalue weighted by Crippen LogP contribution is -2.32. The number of benzene rings is 1.